The van der Waals surface area contributed by atoms with Crippen molar-refractivity contribution in [3.8, 4) is 0 Å². The third-order valence-corrected chi connectivity index (χ3v) is 6.26. The van der Waals surface area contributed by atoms with Crippen LogP contribution in [0.1, 0.15) is 30.9 Å². The smallest absolute Gasteiger partial charge is 0.425 e. The lowest BCUT2D eigenvalue weighted by molar-refractivity contribution is -0.200. The highest BCUT2D eigenvalue weighted by molar-refractivity contribution is 5.68. The summed E-state index contributed by atoms with van der Waals surface area (Å²) < 4.78 is 42.3. The fourth-order valence-electron chi connectivity index (χ4n) is 4.09. The van der Waals surface area contributed by atoms with Gasteiger partial charge in [0.15, 0.2) is 6.10 Å². The lowest BCUT2D eigenvalue weighted by Crippen LogP contribution is -2.49. The summed E-state index contributed by atoms with van der Waals surface area (Å²) in [6.07, 6.45) is -5.58. The molecule has 1 amide bonds. The molecule has 3 rings (SSSR count). The average Bonchev–Trinajstić information content (AvgIpc) is 2.75. The van der Waals surface area contributed by atoms with Crippen LogP contribution in [0.25, 0.3) is 0 Å². The molecule has 1 N–H and O–H groups in total. The molecule has 0 bridgehead atoms. The second kappa shape index (κ2) is 10.1. The Morgan fingerprint density at radius 1 is 1.16 bits per heavy atom. The van der Waals surface area contributed by atoms with E-state index >= 15 is 0 Å². The van der Waals surface area contributed by atoms with Gasteiger partial charge >= 0.3 is 12.3 Å². The summed E-state index contributed by atoms with van der Waals surface area (Å²) >= 11 is 0. The minimum absolute atomic E-state index is 0.251. The van der Waals surface area contributed by atoms with Crippen molar-refractivity contribution in [2.75, 3.05) is 50.8 Å². The van der Waals surface area contributed by atoms with E-state index in [1.807, 2.05) is 0 Å². The Balaban J connectivity index is 1.52. The molecule has 0 aromatic heterocycles. The van der Waals surface area contributed by atoms with Gasteiger partial charge in [-0.2, -0.15) is 13.2 Å². The first-order valence-corrected chi connectivity index (χ1v) is 10.9. The molecule has 2 heterocycles. The van der Waals surface area contributed by atoms with E-state index < -0.39 is 18.4 Å². The number of aliphatic hydroxyl groups excluding tert-OH is 1. The van der Waals surface area contributed by atoms with Crippen LogP contribution in [0.15, 0.2) is 18.2 Å². The third-order valence-electron chi connectivity index (χ3n) is 6.26. The molecule has 1 aromatic rings. The van der Waals surface area contributed by atoms with Gasteiger partial charge in [0.1, 0.15) is 0 Å². The van der Waals surface area contributed by atoms with Gasteiger partial charge in [0, 0.05) is 58.1 Å². The van der Waals surface area contributed by atoms with E-state index in [9.17, 15) is 23.1 Å². The van der Waals surface area contributed by atoms with Crippen LogP contribution in [-0.2, 0) is 11.3 Å². The Labute approximate surface area is 181 Å². The molecule has 0 radical (unpaired) electrons. The van der Waals surface area contributed by atoms with E-state index in [1.54, 1.807) is 0 Å². The first-order chi connectivity index (χ1) is 14.7. The molecule has 2 aliphatic heterocycles. The number of carbonyl (C=O) groups excluding carboxylic acids is 1. The van der Waals surface area contributed by atoms with Crippen LogP contribution in [-0.4, -0.2) is 79.2 Å². The number of nitrogens with zero attached hydrogens (tertiary/aromatic N) is 3. The van der Waals surface area contributed by atoms with E-state index in [1.165, 1.54) is 21.7 Å². The number of piperazine rings is 1. The first-order valence-electron chi connectivity index (χ1n) is 10.9. The van der Waals surface area contributed by atoms with Gasteiger partial charge in [0.25, 0.3) is 0 Å². The van der Waals surface area contributed by atoms with Crippen molar-refractivity contribution < 1.29 is 27.8 Å². The lowest BCUT2D eigenvalue weighted by atomic mass is 9.96. The quantitative estimate of drug-likeness (QED) is 0.756. The summed E-state index contributed by atoms with van der Waals surface area (Å²) in [5, 5.41) is 9.35. The molecule has 2 saturated heterocycles. The van der Waals surface area contributed by atoms with Crippen molar-refractivity contribution in [2.24, 2.45) is 5.92 Å². The number of hydrogen-bond donors (Lipinski definition) is 1. The molecular weight excluding hydrogens is 411 g/mol. The fraction of sp³-hybridized carbons (Fsp3) is 0.682. The second-order valence-corrected chi connectivity index (χ2v) is 8.56. The zero-order valence-corrected chi connectivity index (χ0v) is 18.2. The summed E-state index contributed by atoms with van der Waals surface area (Å²) in [7, 11) is 0. The predicted molar refractivity (Wildman–Crippen MR) is 112 cm³/mol. The Morgan fingerprint density at radius 3 is 2.39 bits per heavy atom. The summed E-state index contributed by atoms with van der Waals surface area (Å²) in [5.74, 6) is 0.391. The van der Waals surface area contributed by atoms with Crippen LogP contribution in [0.2, 0.25) is 0 Å². The predicted octanol–water partition coefficient (Wildman–Crippen LogP) is 3.41. The number of amides is 1. The molecule has 31 heavy (non-hydrogen) atoms. The van der Waals surface area contributed by atoms with Gasteiger partial charge in [-0.1, -0.05) is 12.1 Å². The molecule has 0 saturated carbocycles. The Kier molecular flexibility index (Phi) is 7.69. The molecule has 1 aromatic carbocycles. The number of aliphatic hydroxyl groups is 1. The Morgan fingerprint density at radius 2 is 1.81 bits per heavy atom. The van der Waals surface area contributed by atoms with Gasteiger partial charge < -0.3 is 19.6 Å². The number of hydrogen-bond acceptors (Lipinski definition) is 5. The molecule has 0 spiro atoms. The zero-order valence-electron chi connectivity index (χ0n) is 18.2. The number of piperidine rings is 1. The van der Waals surface area contributed by atoms with Crippen molar-refractivity contribution in [3.05, 3.63) is 29.3 Å². The summed E-state index contributed by atoms with van der Waals surface area (Å²) in [4.78, 5) is 17.9. The maximum absolute atomic E-state index is 12.6. The van der Waals surface area contributed by atoms with Gasteiger partial charge in [-0.05, 0) is 49.8 Å². The van der Waals surface area contributed by atoms with Crippen molar-refractivity contribution in [3.63, 3.8) is 0 Å². The van der Waals surface area contributed by atoms with Crippen LogP contribution in [0.3, 0.4) is 0 Å². The largest absolute Gasteiger partial charge is 0.437 e. The van der Waals surface area contributed by atoms with Crippen molar-refractivity contribution in [1.29, 1.82) is 0 Å². The van der Waals surface area contributed by atoms with Gasteiger partial charge in [-0.25, -0.2) is 4.79 Å². The summed E-state index contributed by atoms with van der Waals surface area (Å²) in [5.41, 5.74) is 3.61. The molecule has 6 nitrogen and oxygen atoms in total. The van der Waals surface area contributed by atoms with Crippen LogP contribution in [0.4, 0.5) is 23.7 Å². The average molecular weight is 444 g/mol. The molecule has 1 unspecified atom stereocenters. The molecule has 0 aliphatic carbocycles. The number of halogens is 3. The van der Waals surface area contributed by atoms with Crippen molar-refractivity contribution >= 4 is 11.8 Å². The van der Waals surface area contributed by atoms with E-state index in [4.69, 9.17) is 0 Å². The van der Waals surface area contributed by atoms with Crippen molar-refractivity contribution in [1.82, 2.24) is 9.80 Å². The maximum atomic E-state index is 12.6. The van der Waals surface area contributed by atoms with E-state index in [0.717, 1.165) is 39.4 Å². The molecule has 9 heteroatoms. The lowest BCUT2D eigenvalue weighted by Gasteiger charge is -2.36. The number of benzene rings is 1. The van der Waals surface area contributed by atoms with Gasteiger partial charge in [-0.15, -0.1) is 0 Å². The molecule has 1 atom stereocenters. The highest BCUT2D eigenvalue weighted by atomic mass is 19.4. The number of ether oxygens (including phenoxy) is 1. The van der Waals surface area contributed by atoms with Gasteiger partial charge in [0.05, 0.1) is 0 Å². The maximum Gasteiger partial charge on any atom is 0.425 e. The molecule has 2 aliphatic rings. The second-order valence-electron chi connectivity index (χ2n) is 8.56. The van der Waals surface area contributed by atoms with Gasteiger partial charge in [-0.3, -0.25) is 4.90 Å². The molecule has 174 valence electrons. The molecular formula is C22H32F3N3O3. The van der Waals surface area contributed by atoms with Crippen LogP contribution in [0, 0.1) is 12.8 Å². The fourth-order valence-corrected chi connectivity index (χ4v) is 4.09. The summed E-state index contributed by atoms with van der Waals surface area (Å²) in [6.45, 7) is 7.65. The topological polar surface area (TPSA) is 56.2 Å². The van der Waals surface area contributed by atoms with Crippen LogP contribution in [0.5, 0.6) is 0 Å². The van der Waals surface area contributed by atoms with E-state index in [0.29, 0.717) is 32.1 Å². The highest BCUT2D eigenvalue weighted by Gasteiger charge is 2.40. The normalized spacial score (nSPS) is 20.1. The number of anilines is 1. The Hall–Kier alpha value is -2.00. The SMILES string of the molecule is Cc1ccc(CN2CCN(C(=O)OC(C)C(F)(F)F)CC2)cc1N1CCC(CO)CC1. The Bertz CT molecular complexity index is 743. The number of carbonyl (C=O) groups is 1. The van der Waals surface area contributed by atoms with E-state index in [-0.39, 0.29) is 6.61 Å². The standard InChI is InChI=1S/C22H32F3N3O3/c1-16-3-4-19(13-20(16)27-7-5-18(15-29)6-8-27)14-26-9-11-28(12-10-26)21(30)31-17(2)22(23,24)25/h3-4,13,17-18,29H,5-12,14-15H2,1-2H3. The monoisotopic (exact) mass is 443 g/mol. The van der Waals surface area contributed by atoms with E-state index in [2.05, 4.69) is 39.7 Å². The summed E-state index contributed by atoms with van der Waals surface area (Å²) in [6, 6.07) is 6.43. The van der Waals surface area contributed by atoms with Crippen LogP contribution >= 0.6 is 0 Å². The van der Waals surface area contributed by atoms with Gasteiger partial charge in [0.2, 0.25) is 0 Å². The minimum Gasteiger partial charge on any atom is -0.437 e. The zero-order chi connectivity index (χ0) is 22.6. The number of alkyl halides is 3. The molecule has 2 fully saturated rings. The van der Waals surface area contributed by atoms with Crippen LogP contribution < -0.4 is 4.90 Å². The van der Waals surface area contributed by atoms with Crippen molar-refractivity contribution in [2.45, 2.75) is 45.5 Å². The number of aryl methyl sites for hydroxylation is 1. The third kappa shape index (κ3) is 6.26. The highest BCUT2D eigenvalue weighted by Crippen LogP contribution is 2.28. The minimum atomic E-state index is -4.55. The number of rotatable bonds is 5. The first kappa shape index (κ1) is 23.7.